The lowest BCUT2D eigenvalue weighted by Gasteiger charge is -2.34. The first kappa shape index (κ1) is 25.5. The topological polar surface area (TPSA) is 166 Å². The number of carbonyl (C=O) groups is 4. The number of nitrogens with zero attached hydrogens (tertiary/aromatic N) is 2. The number of amidine groups is 1. The quantitative estimate of drug-likeness (QED) is 0.234. The van der Waals surface area contributed by atoms with E-state index in [1.807, 2.05) is 0 Å². The Balaban J connectivity index is 1.76. The Morgan fingerprint density at radius 2 is 2.00 bits per heavy atom. The number of ether oxygens (including phenoxy) is 1. The van der Waals surface area contributed by atoms with Crippen LogP contribution in [0.1, 0.15) is 15.9 Å². The molecular weight excluding hydrogens is 461 g/mol. The Labute approximate surface area is 199 Å². The van der Waals surface area contributed by atoms with Gasteiger partial charge in [-0.2, -0.15) is 0 Å². The smallest absolute Gasteiger partial charge is 0.259 e. The molecule has 1 aliphatic rings. The average molecular weight is 485 g/mol. The molecule has 184 valence electrons. The van der Waals surface area contributed by atoms with Gasteiger partial charge < -0.3 is 35.5 Å². The van der Waals surface area contributed by atoms with Crippen molar-refractivity contribution in [2.45, 2.75) is 12.2 Å². The number of nitrogens with one attached hydrogen (secondary N) is 2. The molecule has 5 N–H and O–H groups in total. The van der Waals surface area contributed by atoms with Gasteiger partial charge >= 0.3 is 0 Å². The molecule has 1 heterocycles. The number of benzene rings is 2. The van der Waals surface area contributed by atoms with Crippen LogP contribution in [-0.2, 0) is 19.1 Å². The van der Waals surface area contributed by atoms with Gasteiger partial charge in [0.1, 0.15) is 17.9 Å². The Morgan fingerprint density at radius 3 is 2.63 bits per heavy atom. The van der Waals surface area contributed by atoms with E-state index in [0.29, 0.717) is 17.5 Å². The van der Waals surface area contributed by atoms with Crippen molar-refractivity contribution in [2.75, 3.05) is 37.0 Å². The molecule has 0 aliphatic carbocycles. The van der Waals surface area contributed by atoms with E-state index >= 15 is 0 Å². The minimum absolute atomic E-state index is 0.00254. The highest BCUT2D eigenvalue weighted by Gasteiger charge is 2.39. The summed E-state index contributed by atoms with van der Waals surface area (Å²) in [7, 11) is 1.37. The van der Waals surface area contributed by atoms with Crippen molar-refractivity contribution in [1.29, 1.82) is 5.41 Å². The molecule has 0 unspecified atom stereocenters. The third kappa shape index (κ3) is 5.86. The van der Waals surface area contributed by atoms with Crippen LogP contribution in [0.25, 0.3) is 0 Å². The fraction of sp³-hybridized carbons (Fsp3) is 0.261. The predicted molar refractivity (Wildman–Crippen MR) is 124 cm³/mol. The van der Waals surface area contributed by atoms with Gasteiger partial charge in [-0.25, -0.2) is 4.39 Å². The number of nitrogen functional groups attached to an aromatic ring is 1. The van der Waals surface area contributed by atoms with E-state index in [4.69, 9.17) is 15.9 Å². The molecule has 2 atom stereocenters. The molecule has 0 saturated carbocycles. The number of amides is 3. The zero-order chi connectivity index (χ0) is 25.7. The van der Waals surface area contributed by atoms with Gasteiger partial charge in [-0.05, 0) is 42.5 Å². The molecule has 0 spiro atoms. The Hall–Kier alpha value is -4.16. The number of aliphatic hydroxyl groups is 1. The van der Waals surface area contributed by atoms with Crippen molar-refractivity contribution in [3.8, 4) is 0 Å². The minimum Gasteiger partial charge on any atom is -0.384 e. The summed E-state index contributed by atoms with van der Waals surface area (Å²) in [5.41, 5.74) is 6.09. The van der Waals surface area contributed by atoms with Crippen molar-refractivity contribution in [3.63, 3.8) is 0 Å². The molecule has 2 aromatic carbocycles. The average Bonchev–Trinajstić information content (AvgIpc) is 2.83. The number of likely N-dealkylation sites (N-methyl/N-ethyl adjacent to an activating group) is 1. The second-order valence-corrected chi connectivity index (χ2v) is 7.76. The number of halogens is 1. The number of hydrogen-bond donors (Lipinski definition) is 4. The summed E-state index contributed by atoms with van der Waals surface area (Å²) in [5.74, 6) is -3.26. The van der Waals surface area contributed by atoms with Gasteiger partial charge in [-0.1, -0.05) is 0 Å². The van der Waals surface area contributed by atoms with Crippen LogP contribution in [0.5, 0.6) is 0 Å². The van der Waals surface area contributed by atoms with E-state index < -0.39 is 35.7 Å². The molecule has 3 rings (SSSR count). The minimum atomic E-state index is -1.88. The lowest BCUT2D eigenvalue weighted by Crippen LogP contribution is -2.55. The maximum absolute atomic E-state index is 14.3. The molecule has 1 fully saturated rings. The van der Waals surface area contributed by atoms with Crippen LogP contribution in [0.2, 0.25) is 0 Å². The van der Waals surface area contributed by atoms with Gasteiger partial charge in [0.25, 0.3) is 17.7 Å². The highest BCUT2D eigenvalue weighted by Crippen LogP contribution is 2.24. The molecule has 35 heavy (non-hydrogen) atoms. The zero-order valence-corrected chi connectivity index (χ0v) is 18.7. The van der Waals surface area contributed by atoms with Gasteiger partial charge in [-0.3, -0.25) is 19.8 Å². The third-order valence-corrected chi connectivity index (χ3v) is 5.28. The molecule has 3 amide bonds. The summed E-state index contributed by atoms with van der Waals surface area (Å²) in [4.78, 5) is 50.9. The van der Waals surface area contributed by atoms with Crippen LogP contribution in [0.4, 0.5) is 15.8 Å². The number of rotatable bonds is 8. The highest BCUT2D eigenvalue weighted by atomic mass is 19.1. The zero-order valence-electron chi connectivity index (χ0n) is 18.7. The molecule has 2 aromatic rings. The van der Waals surface area contributed by atoms with Crippen molar-refractivity contribution >= 4 is 41.2 Å². The number of hydrogen-bond acceptors (Lipinski definition) is 7. The highest BCUT2D eigenvalue weighted by molar-refractivity contribution is 6.05. The van der Waals surface area contributed by atoms with Crippen molar-refractivity contribution in [1.82, 2.24) is 4.90 Å². The second-order valence-electron chi connectivity index (χ2n) is 7.76. The molecule has 0 aromatic heterocycles. The van der Waals surface area contributed by atoms with E-state index in [2.05, 4.69) is 5.32 Å². The second kappa shape index (κ2) is 10.8. The van der Waals surface area contributed by atoms with E-state index in [1.54, 1.807) is 0 Å². The van der Waals surface area contributed by atoms with Crippen molar-refractivity contribution in [3.05, 3.63) is 59.4 Å². The van der Waals surface area contributed by atoms with Gasteiger partial charge in [0, 0.05) is 36.1 Å². The van der Waals surface area contributed by atoms with Crippen molar-refractivity contribution < 1.29 is 33.4 Å². The van der Waals surface area contributed by atoms with Crippen LogP contribution < -0.4 is 16.0 Å². The maximum atomic E-state index is 14.3. The van der Waals surface area contributed by atoms with Gasteiger partial charge in [0.05, 0.1) is 13.2 Å². The summed E-state index contributed by atoms with van der Waals surface area (Å²) in [6.45, 7) is -0.252. The Morgan fingerprint density at radius 1 is 1.31 bits per heavy atom. The maximum Gasteiger partial charge on any atom is 0.259 e. The van der Waals surface area contributed by atoms with Crippen molar-refractivity contribution in [2.24, 2.45) is 5.73 Å². The van der Waals surface area contributed by atoms with E-state index in [0.717, 1.165) is 21.9 Å². The summed E-state index contributed by atoms with van der Waals surface area (Å²) in [5, 5.41) is 20.3. The van der Waals surface area contributed by atoms with E-state index in [1.165, 1.54) is 37.4 Å². The fourth-order valence-electron chi connectivity index (χ4n) is 3.44. The number of anilines is 2. The number of aliphatic hydroxyl groups excluding tert-OH is 1. The first-order chi connectivity index (χ1) is 16.6. The summed E-state index contributed by atoms with van der Waals surface area (Å²) in [6.07, 6.45) is -2.93. The predicted octanol–water partition coefficient (Wildman–Crippen LogP) is 0.112. The molecule has 12 heteroatoms. The van der Waals surface area contributed by atoms with E-state index in [9.17, 15) is 28.7 Å². The standard InChI is InChI=1S/C23H24FN5O6/c1-28(6-8-30)22(33)14-10-15(24)12-17(11-14)29-7-9-35-19(23(29)34)18(31)21(32)27-16-4-2-13(3-5-16)20(25)26/h2-5,8,10-12,18-19,31H,6-7,9H2,1H3,(H3,25,26)(H,27,32)/t18-,19-/m1/s1. The normalized spacial score (nSPS) is 16.4. The first-order valence-corrected chi connectivity index (χ1v) is 10.5. The largest absolute Gasteiger partial charge is 0.384 e. The van der Waals surface area contributed by atoms with Gasteiger partial charge in [0.15, 0.2) is 12.2 Å². The number of nitrogens with two attached hydrogens (primary N) is 1. The van der Waals surface area contributed by atoms with E-state index in [-0.39, 0.29) is 36.8 Å². The van der Waals surface area contributed by atoms with Crippen LogP contribution >= 0.6 is 0 Å². The Bertz CT molecular complexity index is 1160. The summed E-state index contributed by atoms with van der Waals surface area (Å²) in [6, 6.07) is 9.27. The van der Waals surface area contributed by atoms with Gasteiger partial charge in [0.2, 0.25) is 0 Å². The molecule has 0 bridgehead atoms. The number of morpholine rings is 1. The fourth-order valence-corrected chi connectivity index (χ4v) is 3.44. The molecule has 1 aliphatic heterocycles. The van der Waals surface area contributed by atoms with Gasteiger partial charge in [-0.15, -0.1) is 0 Å². The number of aldehydes is 1. The Kier molecular flexibility index (Phi) is 7.89. The summed E-state index contributed by atoms with van der Waals surface area (Å²) < 4.78 is 19.6. The lowest BCUT2D eigenvalue weighted by molar-refractivity contribution is -0.150. The monoisotopic (exact) mass is 485 g/mol. The summed E-state index contributed by atoms with van der Waals surface area (Å²) >= 11 is 0. The molecule has 1 saturated heterocycles. The lowest BCUT2D eigenvalue weighted by atomic mass is 10.1. The number of carbonyl (C=O) groups excluding carboxylic acids is 4. The van der Waals surface area contributed by atoms with Crippen LogP contribution in [0.15, 0.2) is 42.5 Å². The van der Waals surface area contributed by atoms with Crippen LogP contribution in [0.3, 0.4) is 0 Å². The molecular formula is C23H24FN5O6. The molecule has 0 radical (unpaired) electrons. The first-order valence-electron chi connectivity index (χ1n) is 10.5. The third-order valence-electron chi connectivity index (χ3n) is 5.28. The molecule has 11 nitrogen and oxygen atoms in total. The van der Waals surface area contributed by atoms with Crippen LogP contribution in [0, 0.1) is 11.2 Å². The van der Waals surface area contributed by atoms with Crippen LogP contribution in [-0.4, -0.2) is 78.8 Å². The SMILES string of the molecule is CN(CC=O)C(=O)c1cc(F)cc(N2CCO[C@H]([C@@H](O)C(=O)Nc3ccc(C(=N)N)cc3)C2=O)c1.